The van der Waals surface area contributed by atoms with Crippen LogP contribution in [0, 0.1) is 0 Å². The number of phenolic OH excluding ortho intramolecular Hbond substituents is 1. The third kappa shape index (κ3) is 3.96. The molecule has 2 N–H and O–H groups in total. The quantitative estimate of drug-likeness (QED) is 0.864. The molecule has 3 nitrogen and oxygen atoms in total. The molecule has 1 aliphatic rings. The molecule has 0 radical (unpaired) electrons. The van der Waals surface area contributed by atoms with Gasteiger partial charge in [0.05, 0.1) is 5.60 Å². The predicted octanol–water partition coefficient (Wildman–Crippen LogP) is 4.15. The molecule has 2 rings (SSSR count). The number of hydrogen-bond acceptors (Lipinski definition) is 3. The molecule has 1 aromatic rings. The standard InChI is InChI=1S/C16H24BrNO2/c1-4-14(13-9-11(17)5-6-15(13)19)18-12-7-8-20-16(2,3)10-12/h5-6,9,12,14,18-19H,4,7-8,10H2,1-3H3. The summed E-state index contributed by atoms with van der Waals surface area (Å²) >= 11 is 3.48. The Morgan fingerprint density at radius 3 is 2.90 bits per heavy atom. The fraction of sp³-hybridized carbons (Fsp3) is 0.625. The van der Waals surface area contributed by atoms with Crippen LogP contribution in [0.1, 0.15) is 51.6 Å². The van der Waals surface area contributed by atoms with Crippen LogP contribution in [-0.2, 0) is 4.74 Å². The largest absolute Gasteiger partial charge is 0.508 e. The maximum atomic E-state index is 10.1. The van der Waals surface area contributed by atoms with Crippen molar-refractivity contribution in [1.82, 2.24) is 5.32 Å². The van der Waals surface area contributed by atoms with Gasteiger partial charge < -0.3 is 15.2 Å². The molecule has 1 heterocycles. The van der Waals surface area contributed by atoms with E-state index in [9.17, 15) is 5.11 Å². The summed E-state index contributed by atoms with van der Waals surface area (Å²) in [4.78, 5) is 0. The first-order chi connectivity index (χ1) is 9.41. The lowest BCUT2D eigenvalue weighted by molar-refractivity contribution is -0.0643. The highest BCUT2D eigenvalue weighted by Gasteiger charge is 2.30. The Labute approximate surface area is 129 Å². The van der Waals surface area contributed by atoms with Gasteiger partial charge >= 0.3 is 0 Å². The van der Waals surface area contributed by atoms with Gasteiger partial charge in [0.15, 0.2) is 0 Å². The molecular weight excluding hydrogens is 318 g/mol. The molecule has 1 fully saturated rings. The molecule has 2 unspecified atom stereocenters. The Bertz CT molecular complexity index is 462. The predicted molar refractivity (Wildman–Crippen MR) is 85.0 cm³/mol. The summed E-state index contributed by atoms with van der Waals surface area (Å²) in [5.74, 6) is 0.360. The Balaban J connectivity index is 2.10. The first-order valence-corrected chi connectivity index (χ1v) is 8.09. The fourth-order valence-electron chi connectivity index (χ4n) is 2.89. The number of benzene rings is 1. The molecule has 20 heavy (non-hydrogen) atoms. The van der Waals surface area contributed by atoms with E-state index in [1.807, 2.05) is 12.1 Å². The normalized spacial score (nSPS) is 23.5. The van der Waals surface area contributed by atoms with Crippen LogP contribution < -0.4 is 5.32 Å². The van der Waals surface area contributed by atoms with Crippen LogP contribution in [0.25, 0.3) is 0 Å². The summed E-state index contributed by atoms with van der Waals surface area (Å²) in [6.45, 7) is 7.21. The van der Waals surface area contributed by atoms with Gasteiger partial charge in [-0.3, -0.25) is 0 Å². The van der Waals surface area contributed by atoms with E-state index in [-0.39, 0.29) is 11.6 Å². The van der Waals surface area contributed by atoms with E-state index in [0.29, 0.717) is 11.8 Å². The lowest BCUT2D eigenvalue weighted by Gasteiger charge is -2.37. The Kier molecular flexibility index (Phi) is 5.10. The molecule has 1 aromatic carbocycles. The third-order valence-electron chi connectivity index (χ3n) is 3.91. The highest BCUT2D eigenvalue weighted by Crippen LogP contribution is 2.32. The van der Waals surface area contributed by atoms with Crippen molar-refractivity contribution in [3.8, 4) is 5.75 Å². The van der Waals surface area contributed by atoms with Crippen LogP contribution in [0.15, 0.2) is 22.7 Å². The number of aromatic hydroxyl groups is 1. The van der Waals surface area contributed by atoms with Crippen molar-refractivity contribution in [3.05, 3.63) is 28.2 Å². The smallest absolute Gasteiger partial charge is 0.120 e. The summed E-state index contributed by atoms with van der Waals surface area (Å²) in [7, 11) is 0. The minimum Gasteiger partial charge on any atom is -0.508 e. The number of rotatable bonds is 4. The zero-order chi connectivity index (χ0) is 14.8. The monoisotopic (exact) mass is 341 g/mol. The van der Waals surface area contributed by atoms with Crippen LogP contribution >= 0.6 is 15.9 Å². The SMILES string of the molecule is CCC(NC1CCOC(C)(C)C1)c1cc(Br)ccc1O. The average molecular weight is 342 g/mol. The van der Waals surface area contributed by atoms with E-state index in [1.165, 1.54) is 0 Å². The zero-order valence-electron chi connectivity index (χ0n) is 12.4. The Morgan fingerprint density at radius 1 is 1.50 bits per heavy atom. The molecule has 0 spiro atoms. The maximum Gasteiger partial charge on any atom is 0.120 e. The number of nitrogens with one attached hydrogen (secondary N) is 1. The second kappa shape index (κ2) is 6.46. The topological polar surface area (TPSA) is 41.5 Å². The summed E-state index contributed by atoms with van der Waals surface area (Å²) in [6, 6.07) is 6.22. The van der Waals surface area contributed by atoms with E-state index in [1.54, 1.807) is 6.07 Å². The second-order valence-corrected chi connectivity index (χ2v) is 7.04. The van der Waals surface area contributed by atoms with Crippen LogP contribution in [-0.4, -0.2) is 23.4 Å². The van der Waals surface area contributed by atoms with E-state index in [2.05, 4.69) is 42.0 Å². The van der Waals surface area contributed by atoms with Crippen molar-refractivity contribution in [3.63, 3.8) is 0 Å². The molecule has 0 aliphatic carbocycles. The number of halogens is 1. The van der Waals surface area contributed by atoms with E-state index in [0.717, 1.165) is 35.9 Å². The van der Waals surface area contributed by atoms with Gasteiger partial charge in [0.2, 0.25) is 0 Å². The van der Waals surface area contributed by atoms with Crippen molar-refractivity contribution in [1.29, 1.82) is 0 Å². The van der Waals surface area contributed by atoms with Gasteiger partial charge in [-0.1, -0.05) is 22.9 Å². The van der Waals surface area contributed by atoms with Crippen LogP contribution in [0.4, 0.5) is 0 Å². The highest BCUT2D eigenvalue weighted by atomic mass is 79.9. The minimum atomic E-state index is -0.0620. The van der Waals surface area contributed by atoms with Crippen LogP contribution in [0.3, 0.4) is 0 Å². The zero-order valence-corrected chi connectivity index (χ0v) is 14.0. The number of ether oxygens (including phenoxy) is 1. The van der Waals surface area contributed by atoms with Gasteiger partial charge in [0, 0.05) is 28.7 Å². The maximum absolute atomic E-state index is 10.1. The number of hydrogen-bond donors (Lipinski definition) is 2. The van der Waals surface area contributed by atoms with Crippen molar-refractivity contribution in [2.75, 3.05) is 6.61 Å². The van der Waals surface area contributed by atoms with Crippen molar-refractivity contribution in [2.24, 2.45) is 0 Å². The number of phenols is 1. The summed E-state index contributed by atoms with van der Waals surface area (Å²) in [5.41, 5.74) is 0.902. The molecular formula is C16H24BrNO2. The molecule has 2 atom stereocenters. The van der Waals surface area contributed by atoms with E-state index < -0.39 is 0 Å². The summed E-state index contributed by atoms with van der Waals surface area (Å²) in [5, 5.41) is 13.8. The molecule has 1 aliphatic heterocycles. The first kappa shape index (κ1) is 15.8. The van der Waals surface area contributed by atoms with Gasteiger partial charge in [0.25, 0.3) is 0 Å². The van der Waals surface area contributed by atoms with Gasteiger partial charge in [-0.15, -0.1) is 0 Å². The van der Waals surface area contributed by atoms with Crippen molar-refractivity contribution < 1.29 is 9.84 Å². The molecule has 0 aromatic heterocycles. The lowest BCUT2D eigenvalue weighted by Crippen LogP contribution is -2.44. The van der Waals surface area contributed by atoms with Crippen molar-refractivity contribution in [2.45, 2.75) is 57.7 Å². The van der Waals surface area contributed by atoms with Gasteiger partial charge in [-0.25, -0.2) is 0 Å². The molecule has 4 heteroatoms. The van der Waals surface area contributed by atoms with Gasteiger partial charge in [-0.05, 0) is 51.3 Å². The van der Waals surface area contributed by atoms with Gasteiger partial charge in [0.1, 0.15) is 5.75 Å². The summed E-state index contributed by atoms with van der Waals surface area (Å²) < 4.78 is 6.76. The lowest BCUT2D eigenvalue weighted by atomic mass is 9.92. The average Bonchev–Trinajstić information content (AvgIpc) is 2.38. The molecule has 112 valence electrons. The highest BCUT2D eigenvalue weighted by molar-refractivity contribution is 9.10. The molecule has 0 amide bonds. The van der Waals surface area contributed by atoms with Gasteiger partial charge in [-0.2, -0.15) is 0 Å². The molecule has 1 saturated heterocycles. The fourth-order valence-corrected chi connectivity index (χ4v) is 3.27. The van der Waals surface area contributed by atoms with Crippen LogP contribution in [0.2, 0.25) is 0 Å². The molecule has 0 bridgehead atoms. The third-order valence-corrected chi connectivity index (χ3v) is 4.40. The minimum absolute atomic E-state index is 0.0620. The Morgan fingerprint density at radius 2 is 2.25 bits per heavy atom. The summed E-state index contributed by atoms with van der Waals surface area (Å²) in [6.07, 6.45) is 2.97. The Hall–Kier alpha value is -0.580. The van der Waals surface area contributed by atoms with E-state index >= 15 is 0 Å². The first-order valence-electron chi connectivity index (χ1n) is 7.29. The van der Waals surface area contributed by atoms with Crippen molar-refractivity contribution >= 4 is 15.9 Å². The second-order valence-electron chi connectivity index (χ2n) is 6.13. The molecule has 0 saturated carbocycles. The van der Waals surface area contributed by atoms with Crippen LogP contribution in [0.5, 0.6) is 5.75 Å². The van der Waals surface area contributed by atoms with E-state index in [4.69, 9.17) is 4.74 Å².